The summed E-state index contributed by atoms with van der Waals surface area (Å²) in [5.74, 6) is 2.24. The van der Waals surface area contributed by atoms with E-state index in [-0.39, 0.29) is 11.8 Å². The Morgan fingerprint density at radius 3 is 2.66 bits per heavy atom. The van der Waals surface area contributed by atoms with E-state index in [1.165, 1.54) is 5.56 Å². The molecule has 180 valence electrons. The minimum absolute atomic E-state index is 0.0382. The Labute approximate surface area is 205 Å². The summed E-state index contributed by atoms with van der Waals surface area (Å²) in [7, 11) is 0. The summed E-state index contributed by atoms with van der Waals surface area (Å²) in [6.45, 7) is 5.50. The number of amides is 1. The first-order valence-corrected chi connectivity index (χ1v) is 12.1. The maximum Gasteiger partial charge on any atom is 0.241 e. The average molecular weight is 471 g/mol. The number of imidazole rings is 1. The van der Waals surface area contributed by atoms with Crippen LogP contribution in [0.2, 0.25) is 0 Å². The number of aromatic nitrogens is 4. The third kappa shape index (κ3) is 5.84. The van der Waals surface area contributed by atoms with Gasteiger partial charge in [0.1, 0.15) is 5.82 Å². The van der Waals surface area contributed by atoms with Crippen LogP contribution in [0.25, 0.3) is 11.4 Å². The summed E-state index contributed by atoms with van der Waals surface area (Å²) in [6, 6.07) is 18.2. The van der Waals surface area contributed by atoms with Crippen molar-refractivity contribution in [3.8, 4) is 11.4 Å². The number of rotatable bonds is 8. The predicted molar refractivity (Wildman–Crippen MR) is 132 cm³/mol. The van der Waals surface area contributed by atoms with Crippen LogP contribution in [-0.2, 0) is 24.4 Å². The molecule has 35 heavy (non-hydrogen) atoms. The zero-order valence-corrected chi connectivity index (χ0v) is 19.9. The maximum atomic E-state index is 12.9. The Bertz CT molecular complexity index is 1250. The highest BCUT2D eigenvalue weighted by Crippen LogP contribution is 2.20. The van der Waals surface area contributed by atoms with Gasteiger partial charge >= 0.3 is 0 Å². The molecule has 1 fully saturated rings. The molecule has 1 atom stereocenters. The number of piperidine rings is 1. The van der Waals surface area contributed by atoms with Gasteiger partial charge in [-0.05, 0) is 37.4 Å². The van der Waals surface area contributed by atoms with E-state index in [0.717, 1.165) is 42.9 Å². The number of carbonyl (C=O) groups excluding carboxylic acids is 1. The highest BCUT2D eigenvalue weighted by molar-refractivity contribution is 5.79. The molecule has 1 N–H and O–H groups in total. The second-order valence-electron chi connectivity index (χ2n) is 9.09. The van der Waals surface area contributed by atoms with Gasteiger partial charge in [0, 0.05) is 37.6 Å². The van der Waals surface area contributed by atoms with Gasteiger partial charge in [-0.3, -0.25) is 9.69 Å². The maximum absolute atomic E-state index is 12.9. The molecule has 5 rings (SSSR count). The van der Waals surface area contributed by atoms with Crippen molar-refractivity contribution in [3.63, 3.8) is 0 Å². The zero-order valence-electron chi connectivity index (χ0n) is 19.9. The Morgan fingerprint density at radius 1 is 1.09 bits per heavy atom. The smallest absolute Gasteiger partial charge is 0.241 e. The van der Waals surface area contributed by atoms with Crippen molar-refractivity contribution in [2.45, 2.75) is 39.4 Å². The second kappa shape index (κ2) is 10.7. The average Bonchev–Trinajstić information content (AvgIpc) is 3.53. The van der Waals surface area contributed by atoms with Gasteiger partial charge in [-0.15, -0.1) is 0 Å². The second-order valence-corrected chi connectivity index (χ2v) is 9.09. The van der Waals surface area contributed by atoms with Crippen LogP contribution in [0.5, 0.6) is 0 Å². The van der Waals surface area contributed by atoms with Gasteiger partial charge < -0.3 is 14.4 Å². The number of nitrogens with zero attached hydrogens (tertiary/aromatic N) is 5. The number of carbonyl (C=O) groups is 1. The number of aryl methyl sites for hydroxylation is 1. The molecular formula is C27H30N6O2. The number of hydrogen-bond donors (Lipinski definition) is 1. The van der Waals surface area contributed by atoms with Crippen LogP contribution in [-0.4, -0.2) is 43.6 Å². The lowest BCUT2D eigenvalue weighted by Gasteiger charge is -2.30. The van der Waals surface area contributed by atoms with Crippen LogP contribution >= 0.6 is 0 Å². The first-order valence-electron chi connectivity index (χ1n) is 12.1. The van der Waals surface area contributed by atoms with Crippen molar-refractivity contribution in [3.05, 3.63) is 89.8 Å². The third-order valence-corrected chi connectivity index (χ3v) is 6.50. The van der Waals surface area contributed by atoms with Crippen LogP contribution < -0.4 is 5.32 Å². The summed E-state index contributed by atoms with van der Waals surface area (Å²) >= 11 is 0. The molecule has 0 radical (unpaired) electrons. The van der Waals surface area contributed by atoms with E-state index in [1.54, 1.807) is 0 Å². The van der Waals surface area contributed by atoms with E-state index < -0.39 is 0 Å². The van der Waals surface area contributed by atoms with Crippen LogP contribution in [0.15, 0.2) is 71.5 Å². The molecular weight excluding hydrogens is 440 g/mol. The van der Waals surface area contributed by atoms with Gasteiger partial charge in [0.15, 0.2) is 0 Å². The van der Waals surface area contributed by atoms with E-state index in [1.807, 2.05) is 49.6 Å². The summed E-state index contributed by atoms with van der Waals surface area (Å²) in [6.07, 6.45) is 5.66. The number of benzene rings is 2. The molecule has 0 spiro atoms. The van der Waals surface area contributed by atoms with Crippen LogP contribution in [0.3, 0.4) is 0 Å². The molecule has 0 aliphatic carbocycles. The molecule has 1 amide bonds. The fourth-order valence-electron chi connectivity index (χ4n) is 4.49. The zero-order chi connectivity index (χ0) is 24.0. The molecule has 3 heterocycles. The lowest BCUT2D eigenvalue weighted by atomic mass is 9.97. The van der Waals surface area contributed by atoms with Crippen molar-refractivity contribution in [1.82, 2.24) is 29.9 Å². The molecule has 8 nitrogen and oxygen atoms in total. The minimum Gasteiger partial charge on any atom is -0.352 e. The standard InChI is InChI=1S/C27H30N6O2/c1-20-28-13-15-33(20)17-22-11-9-21(10-12-22)16-29-27(34)24-8-5-14-32(18-24)19-25-30-26(31-35-25)23-6-3-2-4-7-23/h2-4,6-7,9-13,15,24H,5,8,14,16-19H2,1H3,(H,29,34). The molecule has 8 heteroatoms. The largest absolute Gasteiger partial charge is 0.352 e. The van der Waals surface area contributed by atoms with Gasteiger partial charge in [0.2, 0.25) is 17.6 Å². The number of likely N-dealkylation sites (tertiary alicyclic amines) is 1. The minimum atomic E-state index is -0.0382. The summed E-state index contributed by atoms with van der Waals surface area (Å²) in [5.41, 5.74) is 3.24. The molecule has 4 aromatic rings. The first kappa shape index (κ1) is 23.0. The van der Waals surface area contributed by atoms with Crippen molar-refractivity contribution in [2.75, 3.05) is 13.1 Å². The van der Waals surface area contributed by atoms with Gasteiger partial charge in [0.05, 0.1) is 12.5 Å². The Morgan fingerprint density at radius 2 is 1.89 bits per heavy atom. The van der Waals surface area contributed by atoms with Crippen molar-refractivity contribution in [1.29, 1.82) is 0 Å². The molecule has 2 aromatic heterocycles. The van der Waals surface area contributed by atoms with E-state index in [0.29, 0.717) is 31.3 Å². The lowest BCUT2D eigenvalue weighted by Crippen LogP contribution is -2.42. The Hall–Kier alpha value is -3.78. The molecule has 1 unspecified atom stereocenters. The van der Waals surface area contributed by atoms with Gasteiger partial charge in [-0.1, -0.05) is 59.8 Å². The summed E-state index contributed by atoms with van der Waals surface area (Å²) in [4.78, 5) is 23.9. The van der Waals surface area contributed by atoms with Crippen molar-refractivity contribution >= 4 is 5.91 Å². The summed E-state index contributed by atoms with van der Waals surface area (Å²) in [5, 5.41) is 7.22. The van der Waals surface area contributed by atoms with E-state index in [4.69, 9.17) is 4.52 Å². The van der Waals surface area contributed by atoms with E-state index in [9.17, 15) is 4.79 Å². The summed E-state index contributed by atoms with van der Waals surface area (Å²) < 4.78 is 7.58. The normalized spacial score (nSPS) is 16.3. The van der Waals surface area contributed by atoms with E-state index >= 15 is 0 Å². The third-order valence-electron chi connectivity index (χ3n) is 6.50. The Balaban J connectivity index is 1.11. The van der Waals surface area contributed by atoms with Crippen LogP contribution in [0.1, 0.15) is 35.7 Å². The molecule has 2 aromatic carbocycles. The topological polar surface area (TPSA) is 89.1 Å². The van der Waals surface area contributed by atoms with Gasteiger partial charge in [0.25, 0.3) is 0 Å². The highest BCUT2D eigenvalue weighted by Gasteiger charge is 2.26. The van der Waals surface area contributed by atoms with Gasteiger partial charge in [-0.25, -0.2) is 4.98 Å². The quantitative estimate of drug-likeness (QED) is 0.421. The first-order chi connectivity index (χ1) is 17.1. The highest BCUT2D eigenvalue weighted by atomic mass is 16.5. The SMILES string of the molecule is Cc1nccn1Cc1ccc(CNC(=O)C2CCCN(Cc3nc(-c4ccccc4)no3)C2)cc1. The Kier molecular flexibility index (Phi) is 6.99. The monoisotopic (exact) mass is 470 g/mol. The molecule has 1 saturated heterocycles. The fraction of sp³-hybridized carbons (Fsp3) is 0.333. The van der Waals surface area contributed by atoms with Crippen LogP contribution in [0.4, 0.5) is 0 Å². The number of hydrogen-bond acceptors (Lipinski definition) is 6. The van der Waals surface area contributed by atoms with Crippen molar-refractivity contribution in [2.24, 2.45) is 5.92 Å². The molecule has 0 saturated carbocycles. The molecule has 1 aliphatic heterocycles. The lowest BCUT2D eigenvalue weighted by molar-refractivity contribution is -0.127. The van der Waals surface area contributed by atoms with Crippen molar-refractivity contribution < 1.29 is 9.32 Å². The van der Waals surface area contributed by atoms with E-state index in [2.05, 4.69) is 54.2 Å². The van der Waals surface area contributed by atoms with Crippen LogP contribution in [0, 0.1) is 12.8 Å². The fourth-order valence-corrected chi connectivity index (χ4v) is 4.49. The molecule has 1 aliphatic rings. The predicted octanol–water partition coefficient (Wildman–Crippen LogP) is 3.82. The van der Waals surface area contributed by atoms with Gasteiger partial charge in [-0.2, -0.15) is 4.98 Å². The number of nitrogens with one attached hydrogen (secondary N) is 1. The molecule has 0 bridgehead atoms.